The van der Waals surface area contributed by atoms with Crippen molar-refractivity contribution in [3.05, 3.63) is 47.6 Å². The Labute approximate surface area is 126 Å². The fraction of sp³-hybridized carbons (Fsp3) is 0.500. The summed E-state index contributed by atoms with van der Waals surface area (Å²) in [5.41, 5.74) is 4.58. The maximum atomic E-state index is 4.53. The van der Waals surface area contributed by atoms with Crippen molar-refractivity contribution < 1.29 is 0 Å². The van der Waals surface area contributed by atoms with Crippen molar-refractivity contribution in [3.8, 4) is 0 Å². The fourth-order valence-electron chi connectivity index (χ4n) is 2.55. The lowest BCUT2D eigenvalue weighted by atomic mass is 10.2. The molecule has 0 fully saturated rings. The Morgan fingerprint density at radius 2 is 2.10 bits per heavy atom. The molecule has 2 heterocycles. The largest absolute Gasteiger partial charge is 0.310 e. The minimum absolute atomic E-state index is 0.335. The number of allylic oxidation sites excluding steroid dienone is 1. The molecule has 0 aliphatic heterocycles. The Hall–Kier alpha value is -1.88. The van der Waals surface area contributed by atoms with Gasteiger partial charge in [-0.25, -0.2) is 0 Å². The molecule has 0 amide bonds. The van der Waals surface area contributed by atoms with Crippen molar-refractivity contribution in [2.45, 2.75) is 46.8 Å². The number of rotatable bonds is 7. The average molecular weight is 287 g/mol. The van der Waals surface area contributed by atoms with Crippen LogP contribution in [0.2, 0.25) is 0 Å². The third kappa shape index (κ3) is 3.82. The Morgan fingerprint density at radius 3 is 2.71 bits per heavy atom. The lowest BCUT2D eigenvalue weighted by molar-refractivity contribution is 0.443. The number of aryl methyl sites for hydroxylation is 3. The van der Waals surface area contributed by atoms with Crippen molar-refractivity contribution >= 4 is 0 Å². The third-order valence-electron chi connectivity index (χ3n) is 3.58. The second-order valence-corrected chi connectivity index (χ2v) is 5.60. The normalized spacial score (nSPS) is 12.6. The summed E-state index contributed by atoms with van der Waals surface area (Å²) >= 11 is 0. The quantitative estimate of drug-likeness (QED) is 0.796. The molecule has 21 heavy (non-hydrogen) atoms. The molecule has 0 aliphatic carbocycles. The predicted molar refractivity (Wildman–Crippen MR) is 85.3 cm³/mol. The van der Waals surface area contributed by atoms with Gasteiger partial charge in [0.15, 0.2) is 0 Å². The first-order valence-electron chi connectivity index (χ1n) is 7.38. The van der Waals surface area contributed by atoms with Crippen LogP contribution in [0, 0.1) is 20.8 Å². The van der Waals surface area contributed by atoms with Crippen molar-refractivity contribution in [2.75, 3.05) is 6.54 Å². The zero-order chi connectivity index (χ0) is 15.4. The van der Waals surface area contributed by atoms with Crippen LogP contribution in [0.4, 0.5) is 0 Å². The Balaban J connectivity index is 1.89. The third-order valence-corrected chi connectivity index (χ3v) is 3.58. The summed E-state index contributed by atoms with van der Waals surface area (Å²) in [5, 5.41) is 12.5. The van der Waals surface area contributed by atoms with Crippen molar-refractivity contribution in [2.24, 2.45) is 0 Å². The monoisotopic (exact) mass is 287 g/mol. The molecule has 0 spiro atoms. The molecule has 2 aromatic rings. The van der Waals surface area contributed by atoms with Gasteiger partial charge in [0.1, 0.15) is 0 Å². The van der Waals surface area contributed by atoms with Crippen LogP contribution < -0.4 is 5.32 Å². The average Bonchev–Trinajstić information content (AvgIpc) is 2.93. The molecule has 0 radical (unpaired) electrons. The summed E-state index contributed by atoms with van der Waals surface area (Å²) < 4.78 is 4.00. The number of hydrogen-bond donors (Lipinski definition) is 1. The van der Waals surface area contributed by atoms with Gasteiger partial charge in [-0.1, -0.05) is 6.08 Å². The van der Waals surface area contributed by atoms with Gasteiger partial charge in [0.25, 0.3) is 0 Å². The summed E-state index contributed by atoms with van der Waals surface area (Å²) in [6.45, 7) is 14.5. The first kappa shape index (κ1) is 15.5. The van der Waals surface area contributed by atoms with Gasteiger partial charge in [-0.05, 0) is 33.8 Å². The molecule has 0 aliphatic rings. The zero-order valence-corrected chi connectivity index (χ0v) is 13.4. The minimum Gasteiger partial charge on any atom is -0.310 e. The molecule has 5 heteroatoms. The van der Waals surface area contributed by atoms with E-state index in [9.17, 15) is 0 Å². The molecule has 2 rings (SSSR count). The van der Waals surface area contributed by atoms with Gasteiger partial charge in [-0.15, -0.1) is 6.58 Å². The summed E-state index contributed by atoms with van der Waals surface area (Å²) in [5.74, 6) is 0. The first-order valence-corrected chi connectivity index (χ1v) is 7.38. The van der Waals surface area contributed by atoms with E-state index in [1.807, 2.05) is 24.6 Å². The van der Waals surface area contributed by atoms with Crippen LogP contribution in [-0.4, -0.2) is 26.1 Å². The maximum absolute atomic E-state index is 4.53. The highest BCUT2D eigenvalue weighted by atomic mass is 15.3. The van der Waals surface area contributed by atoms with Crippen LogP contribution in [0.25, 0.3) is 0 Å². The number of aromatic nitrogens is 4. The number of hydrogen-bond acceptors (Lipinski definition) is 3. The van der Waals surface area contributed by atoms with Crippen molar-refractivity contribution in [3.63, 3.8) is 0 Å². The van der Waals surface area contributed by atoms with Gasteiger partial charge in [0.2, 0.25) is 0 Å². The van der Waals surface area contributed by atoms with Crippen LogP contribution in [-0.2, 0) is 13.1 Å². The maximum Gasteiger partial charge on any atom is 0.0638 e. The smallest absolute Gasteiger partial charge is 0.0638 e. The van der Waals surface area contributed by atoms with Crippen LogP contribution >= 0.6 is 0 Å². The second-order valence-electron chi connectivity index (χ2n) is 5.60. The van der Waals surface area contributed by atoms with Crippen molar-refractivity contribution in [1.29, 1.82) is 0 Å². The molecule has 0 bridgehead atoms. The standard InChI is InChI=1S/C16H25N5/c1-6-7-20-11-16(15(5)19-20)10-17-9-14(4)21-13(3)8-12(2)18-21/h6,8,11,14,17H,1,7,9-10H2,2-5H3/t14-/m1/s1. The van der Waals surface area contributed by atoms with Gasteiger partial charge in [0.05, 0.1) is 24.0 Å². The second kappa shape index (κ2) is 6.72. The highest BCUT2D eigenvalue weighted by Gasteiger charge is 2.10. The van der Waals surface area contributed by atoms with Crippen LogP contribution in [0.5, 0.6) is 0 Å². The SMILES string of the molecule is C=CCn1cc(CNC[C@@H](C)n2nc(C)cc2C)c(C)n1. The number of nitrogens with zero attached hydrogens (tertiary/aromatic N) is 4. The van der Waals surface area contributed by atoms with Gasteiger partial charge in [-0.2, -0.15) is 10.2 Å². The lowest BCUT2D eigenvalue weighted by Crippen LogP contribution is -2.24. The highest BCUT2D eigenvalue weighted by molar-refractivity contribution is 5.15. The molecule has 2 aromatic heterocycles. The van der Waals surface area contributed by atoms with Gasteiger partial charge in [0, 0.05) is 30.5 Å². The van der Waals surface area contributed by atoms with E-state index in [1.54, 1.807) is 0 Å². The van der Waals surface area contributed by atoms with E-state index in [2.05, 4.69) is 52.9 Å². The molecular formula is C16H25N5. The van der Waals surface area contributed by atoms with E-state index in [-0.39, 0.29) is 0 Å². The van der Waals surface area contributed by atoms with Crippen LogP contribution in [0.15, 0.2) is 24.9 Å². The Kier molecular flexibility index (Phi) is 4.96. The van der Waals surface area contributed by atoms with E-state index in [0.29, 0.717) is 6.04 Å². The molecule has 0 unspecified atom stereocenters. The van der Waals surface area contributed by atoms with Gasteiger partial charge < -0.3 is 5.32 Å². The number of nitrogens with one attached hydrogen (secondary N) is 1. The highest BCUT2D eigenvalue weighted by Crippen LogP contribution is 2.10. The Bertz CT molecular complexity index is 608. The molecule has 1 N–H and O–H groups in total. The van der Waals surface area contributed by atoms with Crippen LogP contribution in [0.3, 0.4) is 0 Å². The van der Waals surface area contributed by atoms with E-state index in [0.717, 1.165) is 31.0 Å². The first-order chi connectivity index (χ1) is 10.0. The minimum atomic E-state index is 0.335. The molecule has 0 aromatic carbocycles. The molecule has 1 atom stereocenters. The van der Waals surface area contributed by atoms with E-state index in [1.165, 1.54) is 11.3 Å². The van der Waals surface area contributed by atoms with Crippen molar-refractivity contribution in [1.82, 2.24) is 24.9 Å². The molecule has 5 nitrogen and oxygen atoms in total. The van der Waals surface area contributed by atoms with E-state index >= 15 is 0 Å². The molecule has 114 valence electrons. The Morgan fingerprint density at radius 1 is 1.33 bits per heavy atom. The summed E-state index contributed by atoms with van der Waals surface area (Å²) in [7, 11) is 0. The molecule has 0 saturated carbocycles. The zero-order valence-electron chi connectivity index (χ0n) is 13.4. The van der Waals surface area contributed by atoms with Crippen LogP contribution in [0.1, 0.15) is 35.6 Å². The summed E-state index contributed by atoms with van der Waals surface area (Å²) in [4.78, 5) is 0. The fourth-order valence-corrected chi connectivity index (χ4v) is 2.55. The van der Waals surface area contributed by atoms with Gasteiger partial charge >= 0.3 is 0 Å². The topological polar surface area (TPSA) is 47.7 Å². The molecule has 0 saturated heterocycles. The molecular weight excluding hydrogens is 262 g/mol. The van der Waals surface area contributed by atoms with E-state index in [4.69, 9.17) is 0 Å². The predicted octanol–water partition coefficient (Wildman–Crippen LogP) is 2.54. The van der Waals surface area contributed by atoms with Gasteiger partial charge in [-0.3, -0.25) is 9.36 Å². The summed E-state index contributed by atoms with van der Waals surface area (Å²) in [6.07, 6.45) is 3.94. The van der Waals surface area contributed by atoms with E-state index < -0.39 is 0 Å². The lowest BCUT2D eigenvalue weighted by Gasteiger charge is -2.15. The summed E-state index contributed by atoms with van der Waals surface area (Å²) in [6, 6.07) is 2.45.